The summed E-state index contributed by atoms with van der Waals surface area (Å²) in [6.07, 6.45) is -1.03. The van der Waals surface area contributed by atoms with E-state index in [4.69, 9.17) is 20.4 Å². The highest BCUT2D eigenvalue weighted by atomic mass is 16.6. The van der Waals surface area contributed by atoms with Crippen molar-refractivity contribution in [3.05, 3.63) is 22.0 Å². The van der Waals surface area contributed by atoms with Crippen LogP contribution >= 0.6 is 0 Å². The largest absolute Gasteiger partial charge is 0.432 e. The number of hydrogen-bond acceptors (Lipinski definition) is 7. The van der Waals surface area contributed by atoms with Gasteiger partial charge in [-0.1, -0.05) is 4.98 Å². The molecule has 17 heavy (non-hydrogen) atoms. The summed E-state index contributed by atoms with van der Waals surface area (Å²) in [5.41, 5.74) is 0.696. The fourth-order valence-electron chi connectivity index (χ4n) is 0.735. The van der Waals surface area contributed by atoms with Crippen LogP contribution in [0.1, 0.15) is 5.69 Å². The van der Waals surface area contributed by atoms with E-state index in [1.165, 1.54) is 6.20 Å². The highest BCUT2D eigenvalue weighted by Gasteiger charge is 2.12. The maximum absolute atomic E-state index is 9.93. The minimum Gasteiger partial charge on any atom is -0.394 e. The Morgan fingerprint density at radius 2 is 1.88 bits per heavy atom. The van der Waals surface area contributed by atoms with Crippen molar-refractivity contribution < 1.29 is 25.3 Å². The van der Waals surface area contributed by atoms with E-state index in [0.29, 0.717) is 5.69 Å². The van der Waals surface area contributed by atoms with Gasteiger partial charge in [0.15, 0.2) is 0 Å². The fourth-order valence-corrected chi connectivity index (χ4v) is 0.735. The molecule has 98 valence electrons. The molecule has 0 saturated carbocycles. The smallest absolute Gasteiger partial charge is 0.394 e. The third-order valence-electron chi connectivity index (χ3n) is 1.68. The van der Waals surface area contributed by atoms with E-state index in [1.54, 1.807) is 6.92 Å². The summed E-state index contributed by atoms with van der Waals surface area (Å²) in [4.78, 5) is 15.3. The summed E-state index contributed by atoms with van der Waals surface area (Å²) in [6, 6.07) is 0. The number of aromatic amines is 1. The summed E-state index contributed by atoms with van der Waals surface area (Å²) in [6.45, 7) is 0.656. The van der Waals surface area contributed by atoms with E-state index in [9.17, 15) is 10.1 Å². The van der Waals surface area contributed by atoms with Crippen molar-refractivity contribution in [2.45, 2.75) is 19.1 Å². The summed E-state index contributed by atoms with van der Waals surface area (Å²) in [7, 11) is 0. The maximum Gasteiger partial charge on any atom is 0.432 e. The van der Waals surface area contributed by atoms with Crippen LogP contribution in [0.4, 0.5) is 5.95 Å². The Hall–Kier alpha value is -1.55. The predicted octanol–water partition coefficient (Wildman–Crippen LogP) is -1.68. The number of aryl methyl sites for hydroxylation is 1. The van der Waals surface area contributed by atoms with Gasteiger partial charge in [-0.15, -0.1) is 0 Å². The van der Waals surface area contributed by atoms with Gasteiger partial charge < -0.3 is 30.5 Å². The highest BCUT2D eigenvalue weighted by Crippen LogP contribution is 2.01. The van der Waals surface area contributed by atoms with Gasteiger partial charge in [-0.25, -0.2) is 4.98 Å². The Bertz CT molecular complexity index is 334. The van der Waals surface area contributed by atoms with Gasteiger partial charge in [0.25, 0.3) is 0 Å². The second-order valence-electron chi connectivity index (χ2n) is 3.15. The lowest BCUT2D eigenvalue weighted by atomic mass is 10.2. The zero-order valence-corrected chi connectivity index (χ0v) is 9.15. The van der Waals surface area contributed by atoms with Gasteiger partial charge in [-0.2, -0.15) is 0 Å². The molecule has 5 N–H and O–H groups in total. The molecule has 0 fully saturated rings. The van der Waals surface area contributed by atoms with Gasteiger partial charge in [-0.3, -0.25) is 0 Å². The van der Waals surface area contributed by atoms with Crippen LogP contribution in [0.3, 0.4) is 0 Å². The number of imidazole rings is 1. The monoisotopic (exact) mass is 249 g/mol. The summed E-state index contributed by atoms with van der Waals surface area (Å²) < 4.78 is 0. The number of aromatic nitrogens is 2. The van der Waals surface area contributed by atoms with Gasteiger partial charge in [0.2, 0.25) is 0 Å². The molecule has 0 aliphatic heterocycles. The lowest BCUT2D eigenvalue weighted by Gasteiger charge is -2.10. The number of hydrogen-bond donors (Lipinski definition) is 5. The van der Waals surface area contributed by atoms with Crippen molar-refractivity contribution in [2.75, 3.05) is 13.2 Å². The third kappa shape index (κ3) is 5.92. The lowest BCUT2D eigenvalue weighted by molar-refractivity contribution is -0.393. The lowest BCUT2D eigenvalue weighted by Crippen LogP contribution is -2.31. The number of nitrogens with one attached hydrogen (secondary N) is 1. The van der Waals surface area contributed by atoms with Crippen LogP contribution in [-0.4, -0.2) is 60.7 Å². The zero-order valence-electron chi connectivity index (χ0n) is 9.15. The second kappa shape index (κ2) is 7.68. The second-order valence-corrected chi connectivity index (χ2v) is 3.15. The van der Waals surface area contributed by atoms with E-state index >= 15 is 0 Å². The Kier molecular flexibility index (Phi) is 6.98. The first-order valence-corrected chi connectivity index (χ1v) is 4.66. The Morgan fingerprint density at radius 3 is 2.06 bits per heavy atom. The minimum atomic E-state index is -1.22. The van der Waals surface area contributed by atoms with Crippen LogP contribution in [0.25, 0.3) is 0 Å². The number of H-pyrrole nitrogens is 1. The molecule has 0 amide bonds. The molecule has 1 heterocycles. The van der Waals surface area contributed by atoms with Gasteiger partial charge in [0.05, 0.1) is 13.2 Å². The summed E-state index contributed by atoms with van der Waals surface area (Å²) in [5.74, 6) is -0.201. The molecular formula is C8H15N3O6. The van der Waals surface area contributed by atoms with Gasteiger partial charge in [0, 0.05) is 0 Å². The quantitative estimate of drug-likeness (QED) is 0.315. The number of nitrogens with zero attached hydrogens (tertiary/aromatic N) is 2. The van der Waals surface area contributed by atoms with Gasteiger partial charge in [-0.05, 0) is 11.8 Å². The van der Waals surface area contributed by atoms with Crippen molar-refractivity contribution in [1.29, 1.82) is 0 Å². The number of nitro groups is 1. The van der Waals surface area contributed by atoms with Gasteiger partial charge in [0.1, 0.15) is 24.1 Å². The SMILES string of the molecule is Cc1cnc([N+](=O)[O-])[nH]1.OCC(O)C(O)CO. The molecule has 2 atom stereocenters. The first-order valence-electron chi connectivity index (χ1n) is 4.66. The topological polar surface area (TPSA) is 153 Å². The first kappa shape index (κ1) is 15.4. The van der Waals surface area contributed by atoms with Crippen LogP contribution in [0.5, 0.6) is 0 Å². The summed E-state index contributed by atoms with van der Waals surface area (Å²) in [5, 5.41) is 43.1. The Balaban J connectivity index is 0.000000304. The zero-order chi connectivity index (χ0) is 13.4. The molecule has 9 heteroatoms. The van der Waals surface area contributed by atoms with Crippen molar-refractivity contribution in [2.24, 2.45) is 0 Å². The third-order valence-corrected chi connectivity index (χ3v) is 1.68. The van der Waals surface area contributed by atoms with Crippen LogP contribution < -0.4 is 0 Å². The first-order chi connectivity index (χ1) is 7.92. The molecule has 0 bridgehead atoms. The molecule has 0 saturated heterocycles. The van der Waals surface area contributed by atoms with Gasteiger partial charge >= 0.3 is 5.95 Å². The molecule has 0 aliphatic rings. The highest BCUT2D eigenvalue weighted by molar-refractivity contribution is 5.08. The van der Waals surface area contributed by atoms with E-state index in [0.717, 1.165) is 0 Å². The van der Waals surface area contributed by atoms with Crippen molar-refractivity contribution >= 4 is 5.95 Å². The number of aliphatic hydroxyl groups excluding tert-OH is 4. The Morgan fingerprint density at radius 1 is 1.41 bits per heavy atom. The molecule has 1 aromatic rings. The standard InChI is InChI=1S/C4H5N3O2.C4H10O4/c1-3-2-5-4(6-3)7(8)9;5-1-3(7)4(8)2-6/h2H,1H3,(H,5,6);3-8H,1-2H2. The van der Waals surface area contributed by atoms with E-state index in [1.807, 2.05) is 0 Å². The van der Waals surface area contributed by atoms with Crippen molar-refractivity contribution in [3.8, 4) is 0 Å². The normalized spacial score (nSPS) is 13.5. The average Bonchev–Trinajstić information content (AvgIpc) is 2.74. The molecule has 9 nitrogen and oxygen atoms in total. The molecule has 2 unspecified atom stereocenters. The van der Waals surface area contributed by atoms with Crippen molar-refractivity contribution in [3.63, 3.8) is 0 Å². The molecule has 1 aromatic heterocycles. The van der Waals surface area contributed by atoms with Crippen LogP contribution in [0.2, 0.25) is 0 Å². The molecule has 0 radical (unpaired) electrons. The van der Waals surface area contributed by atoms with Crippen molar-refractivity contribution in [1.82, 2.24) is 9.97 Å². The van der Waals surface area contributed by atoms with E-state index < -0.39 is 30.3 Å². The predicted molar refractivity (Wildman–Crippen MR) is 56.2 cm³/mol. The number of rotatable bonds is 4. The molecule has 1 rings (SSSR count). The van der Waals surface area contributed by atoms with E-state index in [2.05, 4.69) is 9.97 Å². The Labute approximate surface area is 96.5 Å². The number of aliphatic hydroxyl groups is 4. The minimum absolute atomic E-state index is 0.201. The van der Waals surface area contributed by atoms with Crippen LogP contribution in [0, 0.1) is 17.0 Å². The fraction of sp³-hybridized carbons (Fsp3) is 0.625. The van der Waals surface area contributed by atoms with Crippen LogP contribution in [0.15, 0.2) is 6.20 Å². The maximum atomic E-state index is 9.93. The van der Waals surface area contributed by atoms with E-state index in [-0.39, 0.29) is 5.95 Å². The molecule has 0 spiro atoms. The molecule has 0 aliphatic carbocycles. The average molecular weight is 249 g/mol. The molecule has 0 aromatic carbocycles. The van der Waals surface area contributed by atoms with Crippen LogP contribution in [-0.2, 0) is 0 Å². The summed E-state index contributed by atoms with van der Waals surface area (Å²) >= 11 is 0. The molecular weight excluding hydrogens is 234 g/mol.